The van der Waals surface area contributed by atoms with Crippen molar-refractivity contribution >= 4 is 27.3 Å². The number of anilines is 1. The second kappa shape index (κ2) is 6.77. The summed E-state index contributed by atoms with van der Waals surface area (Å²) in [6.07, 6.45) is 1.71. The molecule has 5 heteroatoms. The number of hydrogen-bond donors (Lipinski definition) is 1. The third kappa shape index (κ3) is 3.99. The Morgan fingerprint density at radius 2 is 1.75 bits per heavy atom. The van der Waals surface area contributed by atoms with Crippen LogP contribution in [-0.2, 0) is 16.4 Å². The van der Waals surface area contributed by atoms with E-state index in [0.29, 0.717) is 11.6 Å². The van der Waals surface area contributed by atoms with Crippen molar-refractivity contribution in [1.82, 2.24) is 0 Å². The molecule has 2 aromatic carbocycles. The molecule has 2 rings (SSSR count). The summed E-state index contributed by atoms with van der Waals surface area (Å²) in [5.41, 5.74) is 1.64. The second-order valence-corrected chi connectivity index (χ2v) is 6.47. The van der Waals surface area contributed by atoms with Crippen LogP contribution in [0.15, 0.2) is 59.5 Å². The standard InChI is InChI=1S/C15H16ClNO2S/c16-11-5-7-13-6-4-8-14(12-13)17-20(18,19)15-9-2-1-3-10-15/h1-4,6,8-10,12,17H,5,7,11H2. The Morgan fingerprint density at radius 3 is 2.45 bits per heavy atom. The van der Waals surface area contributed by atoms with Gasteiger partial charge in [-0.05, 0) is 42.7 Å². The quantitative estimate of drug-likeness (QED) is 0.828. The monoisotopic (exact) mass is 309 g/mol. The van der Waals surface area contributed by atoms with Crippen molar-refractivity contribution in [2.45, 2.75) is 17.7 Å². The molecule has 0 amide bonds. The van der Waals surface area contributed by atoms with E-state index < -0.39 is 10.0 Å². The summed E-state index contributed by atoms with van der Waals surface area (Å²) in [6.45, 7) is 0. The third-order valence-electron chi connectivity index (χ3n) is 2.83. The van der Waals surface area contributed by atoms with Gasteiger partial charge in [0.25, 0.3) is 10.0 Å². The average molecular weight is 310 g/mol. The lowest BCUT2D eigenvalue weighted by Gasteiger charge is -2.09. The van der Waals surface area contributed by atoms with Crippen LogP contribution in [0.1, 0.15) is 12.0 Å². The number of alkyl halides is 1. The van der Waals surface area contributed by atoms with Gasteiger partial charge in [-0.25, -0.2) is 8.42 Å². The van der Waals surface area contributed by atoms with E-state index in [2.05, 4.69) is 4.72 Å². The fourth-order valence-electron chi connectivity index (χ4n) is 1.87. The van der Waals surface area contributed by atoms with Gasteiger partial charge in [0.1, 0.15) is 0 Å². The van der Waals surface area contributed by atoms with Crippen molar-refractivity contribution in [2.75, 3.05) is 10.6 Å². The summed E-state index contributed by atoms with van der Waals surface area (Å²) in [5, 5.41) is 0. The molecule has 0 saturated heterocycles. The molecule has 0 fully saturated rings. The number of sulfonamides is 1. The van der Waals surface area contributed by atoms with E-state index in [9.17, 15) is 8.42 Å². The van der Waals surface area contributed by atoms with Crippen LogP contribution in [0.2, 0.25) is 0 Å². The molecule has 0 saturated carbocycles. The second-order valence-electron chi connectivity index (χ2n) is 4.41. The fourth-order valence-corrected chi connectivity index (χ4v) is 3.08. The maximum Gasteiger partial charge on any atom is 0.261 e. The molecule has 3 nitrogen and oxygen atoms in total. The molecule has 106 valence electrons. The first kappa shape index (κ1) is 14.9. The summed E-state index contributed by atoms with van der Waals surface area (Å²) < 4.78 is 27.0. The van der Waals surface area contributed by atoms with Gasteiger partial charge in [0, 0.05) is 11.6 Å². The number of rotatable bonds is 6. The van der Waals surface area contributed by atoms with E-state index in [1.165, 1.54) is 0 Å². The lowest BCUT2D eigenvalue weighted by molar-refractivity contribution is 0.601. The first-order valence-electron chi connectivity index (χ1n) is 6.34. The van der Waals surface area contributed by atoms with Crippen molar-refractivity contribution in [3.8, 4) is 0 Å². The van der Waals surface area contributed by atoms with Crippen molar-refractivity contribution in [1.29, 1.82) is 0 Å². The number of nitrogens with one attached hydrogen (secondary N) is 1. The minimum atomic E-state index is -3.53. The first-order chi connectivity index (χ1) is 9.62. The molecule has 0 heterocycles. The number of aryl methyl sites for hydroxylation is 1. The zero-order chi connectivity index (χ0) is 14.4. The lowest BCUT2D eigenvalue weighted by atomic mass is 10.1. The highest BCUT2D eigenvalue weighted by molar-refractivity contribution is 7.92. The average Bonchev–Trinajstić information content (AvgIpc) is 2.46. The minimum Gasteiger partial charge on any atom is -0.280 e. The summed E-state index contributed by atoms with van der Waals surface area (Å²) >= 11 is 5.67. The molecule has 0 spiro atoms. The van der Waals surface area contributed by atoms with Crippen LogP contribution in [0.25, 0.3) is 0 Å². The number of hydrogen-bond acceptors (Lipinski definition) is 2. The van der Waals surface area contributed by atoms with Gasteiger partial charge in [-0.3, -0.25) is 4.72 Å². The number of benzene rings is 2. The topological polar surface area (TPSA) is 46.2 Å². The molecular weight excluding hydrogens is 294 g/mol. The minimum absolute atomic E-state index is 0.256. The predicted molar refractivity (Wildman–Crippen MR) is 82.7 cm³/mol. The van der Waals surface area contributed by atoms with Gasteiger partial charge in [-0.15, -0.1) is 11.6 Å². The summed E-state index contributed by atoms with van der Waals surface area (Å²) in [7, 11) is -3.53. The molecule has 0 radical (unpaired) electrons. The molecular formula is C15H16ClNO2S. The molecule has 0 aliphatic heterocycles. The molecule has 1 N–H and O–H groups in total. The Labute approximate surface area is 124 Å². The first-order valence-corrected chi connectivity index (χ1v) is 8.36. The lowest BCUT2D eigenvalue weighted by Crippen LogP contribution is -2.12. The molecule has 0 aliphatic carbocycles. The smallest absolute Gasteiger partial charge is 0.261 e. The summed E-state index contributed by atoms with van der Waals surface area (Å²) in [4.78, 5) is 0.256. The zero-order valence-electron chi connectivity index (χ0n) is 10.9. The highest BCUT2D eigenvalue weighted by Crippen LogP contribution is 2.17. The van der Waals surface area contributed by atoms with Gasteiger partial charge in [-0.2, -0.15) is 0 Å². The van der Waals surface area contributed by atoms with Gasteiger partial charge >= 0.3 is 0 Å². The predicted octanol–water partition coefficient (Wildman–Crippen LogP) is 3.66. The van der Waals surface area contributed by atoms with Gasteiger partial charge in [0.2, 0.25) is 0 Å². The van der Waals surface area contributed by atoms with E-state index in [1.807, 2.05) is 18.2 Å². The maximum atomic E-state index is 12.2. The van der Waals surface area contributed by atoms with Crippen LogP contribution in [0, 0.1) is 0 Å². The molecule has 20 heavy (non-hydrogen) atoms. The van der Waals surface area contributed by atoms with E-state index in [1.54, 1.807) is 36.4 Å². The van der Waals surface area contributed by atoms with Gasteiger partial charge < -0.3 is 0 Å². The van der Waals surface area contributed by atoms with Crippen molar-refractivity contribution < 1.29 is 8.42 Å². The number of halogens is 1. The molecule has 0 unspecified atom stereocenters. The van der Waals surface area contributed by atoms with Gasteiger partial charge in [0.15, 0.2) is 0 Å². The van der Waals surface area contributed by atoms with E-state index in [-0.39, 0.29) is 4.90 Å². The maximum absolute atomic E-state index is 12.2. The van der Waals surface area contributed by atoms with Crippen molar-refractivity contribution in [2.24, 2.45) is 0 Å². The molecule has 0 aromatic heterocycles. The summed E-state index contributed by atoms with van der Waals surface area (Å²) in [6, 6.07) is 15.7. The van der Waals surface area contributed by atoms with Crippen LogP contribution in [-0.4, -0.2) is 14.3 Å². The zero-order valence-corrected chi connectivity index (χ0v) is 12.5. The van der Waals surface area contributed by atoms with Gasteiger partial charge in [0.05, 0.1) is 4.90 Å². The Hall–Kier alpha value is -1.52. The Kier molecular flexibility index (Phi) is 5.04. The Morgan fingerprint density at radius 1 is 1.00 bits per heavy atom. The fraction of sp³-hybridized carbons (Fsp3) is 0.200. The van der Waals surface area contributed by atoms with Gasteiger partial charge in [-0.1, -0.05) is 30.3 Å². The highest BCUT2D eigenvalue weighted by atomic mass is 35.5. The van der Waals surface area contributed by atoms with Crippen LogP contribution < -0.4 is 4.72 Å². The van der Waals surface area contributed by atoms with Crippen molar-refractivity contribution in [3.05, 3.63) is 60.2 Å². The molecule has 0 bridgehead atoms. The van der Waals surface area contributed by atoms with Crippen LogP contribution in [0.4, 0.5) is 5.69 Å². The van der Waals surface area contributed by atoms with Crippen LogP contribution in [0.5, 0.6) is 0 Å². The van der Waals surface area contributed by atoms with Crippen LogP contribution >= 0.6 is 11.6 Å². The molecule has 0 aliphatic rings. The van der Waals surface area contributed by atoms with Crippen LogP contribution in [0.3, 0.4) is 0 Å². The third-order valence-corrected chi connectivity index (χ3v) is 4.50. The molecule has 0 atom stereocenters. The normalized spacial score (nSPS) is 11.2. The van der Waals surface area contributed by atoms with E-state index in [0.717, 1.165) is 18.4 Å². The Balaban J connectivity index is 2.17. The highest BCUT2D eigenvalue weighted by Gasteiger charge is 2.13. The Bertz CT molecular complexity index is 657. The largest absolute Gasteiger partial charge is 0.280 e. The summed E-state index contributed by atoms with van der Waals surface area (Å²) in [5.74, 6) is 0.597. The van der Waals surface area contributed by atoms with E-state index >= 15 is 0 Å². The van der Waals surface area contributed by atoms with E-state index in [4.69, 9.17) is 11.6 Å². The SMILES string of the molecule is O=S(=O)(Nc1cccc(CCCCl)c1)c1ccccc1. The molecule has 2 aromatic rings. The van der Waals surface area contributed by atoms with Crippen molar-refractivity contribution in [3.63, 3.8) is 0 Å².